The summed E-state index contributed by atoms with van der Waals surface area (Å²) in [4.78, 5) is 11.6. The highest BCUT2D eigenvalue weighted by Crippen LogP contribution is 2.26. The van der Waals surface area contributed by atoms with Crippen molar-refractivity contribution in [3.63, 3.8) is 0 Å². The van der Waals surface area contributed by atoms with Crippen LogP contribution in [0.5, 0.6) is 0 Å². The van der Waals surface area contributed by atoms with E-state index in [0.717, 1.165) is 0 Å². The molecule has 0 unspecified atom stereocenters. The molecule has 0 saturated carbocycles. The summed E-state index contributed by atoms with van der Waals surface area (Å²) in [7, 11) is 1.77. The van der Waals surface area contributed by atoms with Gasteiger partial charge in [0.2, 0.25) is 0 Å². The Balaban J connectivity index is 2.94. The van der Waals surface area contributed by atoms with Gasteiger partial charge in [-0.3, -0.25) is 4.79 Å². The molecular weight excluding hydrogens is 283 g/mol. The Morgan fingerprint density at radius 2 is 1.75 bits per heavy atom. The van der Waals surface area contributed by atoms with Gasteiger partial charge in [0.15, 0.2) is 5.78 Å². The van der Waals surface area contributed by atoms with Crippen LogP contribution in [-0.4, -0.2) is 16.8 Å². The molecule has 0 spiro atoms. The Labute approximate surface area is 89.2 Å². The number of halogens is 2. The Kier molecular flexibility index (Phi) is 3.12. The molecule has 4 heteroatoms. The lowest BCUT2D eigenvalue weighted by Crippen LogP contribution is -2.24. The highest BCUT2D eigenvalue weighted by Gasteiger charge is 2.26. The molecule has 0 aliphatic rings. The monoisotopic (exact) mass is 288 g/mol. The van der Waals surface area contributed by atoms with E-state index in [1.165, 1.54) is 0 Å². The topological polar surface area (TPSA) is 17.1 Å². The standard InChI is InChI=1S/C8H7BBr2O/c9-8(10,11)7(12)6-4-2-1-3-5-6/h1-5H,9H2. The van der Waals surface area contributed by atoms with E-state index >= 15 is 0 Å². The molecule has 0 bridgehead atoms. The number of hydrogen-bond donors (Lipinski definition) is 0. The molecule has 0 aliphatic heterocycles. The summed E-state index contributed by atoms with van der Waals surface area (Å²) in [5, 5.41) is 0. The van der Waals surface area contributed by atoms with Gasteiger partial charge in [0.05, 0.1) is 0 Å². The zero-order valence-electron chi connectivity index (χ0n) is 6.55. The van der Waals surface area contributed by atoms with Crippen LogP contribution in [0, 0.1) is 0 Å². The maximum absolute atomic E-state index is 11.6. The van der Waals surface area contributed by atoms with Crippen molar-refractivity contribution in [2.24, 2.45) is 0 Å². The zero-order chi connectivity index (χ0) is 9.19. The Morgan fingerprint density at radius 1 is 1.25 bits per heavy atom. The molecule has 62 valence electrons. The molecule has 0 fully saturated rings. The number of hydrogen-bond acceptors (Lipinski definition) is 1. The second-order valence-corrected chi connectivity index (χ2v) is 6.82. The van der Waals surface area contributed by atoms with Gasteiger partial charge in [0.1, 0.15) is 11.0 Å². The fourth-order valence-corrected chi connectivity index (χ4v) is 1.30. The van der Waals surface area contributed by atoms with Crippen molar-refractivity contribution >= 4 is 45.5 Å². The van der Waals surface area contributed by atoms with Gasteiger partial charge < -0.3 is 0 Å². The van der Waals surface area contributed by atoms with Crippen LogP contribution in [0.4, 0.5) is 0 Å². The van der Waals surface area contributed by atoms with Crippen LogP contribution >= 0.6 is 31.9 Å². The Bertz CT molecular complexity index is 279. The molecule has 0 amide bonds. The van der Waals surface area contributed by atoms with Gasteiger partial charge in [0.25, 0.3) is 0 Å². The molecule has 1 rings (SSSR count). The first-order valence-corrected chi connectivity index (χ1v) is 5.08. The van der Waals surface area contributed by atoms with Crippen LogP contribution in [0.3, 0.4) is 0 Å². The molecule has 0 aliphatic carbocycles. The number of rotatable bonds is 2. The zero-order valence-corrected chi connectivity index (χ0v) is 9.72. The number of benzene rings is 1. The van der Waals surface area contributed by atoms with E-state index in [1.54, 1.807) is 20.0 Å². The average Bonchev–Trinajstić information content (AvgIpc) is 2.03. The fourth-order valence-electron chi connectivity index (χ4n) is 0.843. The summed E-state index contributed by atoms with van der Waals surface area (Å²) >= 11 is 6.50. The lowest BCUT2D eigenvalue weighted by Gasteiger charge is -2.11. The predicted molar refractivity (Wildman–Crippen MR) is 59.9 cm³/mol. The minimum Gasteiger partial charge on any atom is -0.293 e. The van der Waals surface area contributed by atoms with E-state index < -0.39 is 3.13 Å². The van der Waals surface area contributed by atoms with Crippen LogP contribution in [0.25, 0.3) is 0 Å². The number of carbonyl (C=O) groups is 1. The molecule has 12 heavy (non-hydrogen) atoms. The van der Waals surface area contributed by atoms with Crippen molar-refractivity contribution in [2.75, 3.05) is 0 Å². The SMILES string of the molecule is BC(Br)(Br)C(=O)c1ccccc1. The van der Waals surface area contributed by atoms with E-state index in [4.69, 9.17) is 0 Å². The minimum absolute atomic E-state index is 0.0306. The van der Waals surface area contributed by atoms with Crippen molar-refractivity contribution in [2.45, 2.75) is 3.13 Å². The molecule has 1 nitrogen and oxygen atoms in total. The quantitative estimate of drug-likeness (QED) is 0.462. The molecule has 0 radical (unpaired) electrons. The molecule has 1 aromatic carbocycles. The smallest absolute Gasteiger partial charge is 0.181 e. The van der Waals surface area contributed by atoms with Crippen LogP contribution in [-0.2, 0) is 0 Å². The van der Waals surface area contributed by atoms with Crippen LogP contribution in [0.15, 0.2) is 30.3 Å². The van der Waals surface area contributed by atoms with Crippen molar-refractivity contribution in [1.82, 2.24) is 0 Å². The second kappa shape index (κ2) is 3.75. The maximum atomic E-state index is 11.6. The second-order valence-electron chi connectivity index (χ2n) is 2.58. The lowest BCUT2D eigenvalue weighted by atomic mass is 9.95. The first kappa shape index (κ1) is 10.00. The fraction of sp³-hybridized carbons (Fsp3) is 0.125. The number of ketones is 1. The largest absolute Gasteiger partial charge is 0.293 e. The summed E-state index contributed by atoms with van der Waals surface area (Å²) in [6.45, 7) is 0. The van der Waals surface area contributed by atoms with Gasteiger partial charge in [-0.15, -0.1) is 0 Å². The minimum atomic E-state index is -0.651. The highest BCUT2D eigenvalue weighted by atomic mass is 79.9. The van der Waals surface area contributed by atoms with Crippen LogP contribution < -0.4 is 0 Å². The molecular formula is C8H7BBr2O. The van der Waals surface area contributed by atoms with Crippen molar-refractivity contribution in [3.8, 4) is 0 Å². The van der Waals surface area contributed by atoms with E-state index in [9.17, 15) is 4.79 Å². The highest BCUT2D eigenvalue weighted by molar-refractivity contribution is 9.26. The molecule has 0 N–H and O–H groups in total. The van der Waals surface area contributed by atoms with Crippen LogP contribution in [0.1, 0.15) is 10.4 Å². The van der Waals surface area contributed by atoms with Gasteiger partial charge >= 0.3 is 0 Å². The summed E-state index contributed by atoms with van der Waals surface area (Å²) < 4.78 is -0.651. The maximum Gasteiger partial charge on any atom is 0.181 e. The van der Waals surface area contributed by atoms with Crippen molar-refractivity contribution in [3.05, 3.63) is 35.9 Å². The molecule has 0 heterocycles. The van der Waals surface area contributed by atoms with Gasteiger partial charge in [-0.2, -0.15) is 0 Å². The predicted octanol–water partition coefficient (Wildman–Crippen LogP) is 1.95. The third kappa shape index (κ3) is 2.46. The summed E-state index contributed by atoms with van der Waals surface area (Å²) in [5.74, 6) is 0.0306. The number of Topliss-reactive ketones (excluding diaryl/α,β-unsaturated/α-hetero) is 1. The first-order valence-electron chi connectivity index (χ1n) is 3.49. The molecule has 1 aromatic rings. The van der Waals surface area contributed by atoms with E-state index in [0.29, 0.717) is 5.56 Å². The van der Waals surface area contributed by atoms with Gasteiger partial charge in [-0.1, -0.05) is 62.2 Å². The summed E-state index contributed by atoms with van der Waals surface area (Å²) in [6, 6.07) is 9.17. The van der Waals surface area contributed by atoms with E-state index in [1.807, 2.05) is 18.2 Å². The van der Waals surface area contributed by atoms with E-state index in [2.05, 4.69) is 31.9 Å². The van der Waals surface area contributed by atoms with Gasteiger partial charge in [-0.05, 0) is 0 Å². The molecule has 0 saturated heterocycles. The third-order valence-corrected chi connectivity index (χ3v) is 2.15. The Hall–Kier alpha value is -0.0851. The molecule has 0 atom stereocenters. The summed E-state index contributed by atoms with van der Waals surface area (Å²) in [6.07, 6.45) is 0. The first-order chi connectivity index (χ1) is 5.52. The third-order valence-electron chi connectivity index (χ3n) is 1.43. The van der Waals surface area contributed by atoms with E-state index in [-0.39, 0.29) is 5.78 Å². The van der Waals surface area contributed by atoms with Crippen LogP contribution in [0.2, 0.25) is 0 Å². The van der Waals surface area contributed by atoms with Crippen molar-refractivity contribution < 1.29 is 4.79 Å². The Morgan fingerprint density at radius 3 is 2.17 bits per heavy atom. The van der Waals surface area contributed by atoms with Gasteiger partial charge in [0, 0.05) is 5.56 Å². The lowest BCUT2D eigenvalue weighted by molar-refractivity contribution is 0.100. The van der Waals surface area contributed by atoms with Gasteiger partial charge in [-0.25, -0.2) is 0 Å². The summed E-state index contributed by atoms with van der Waals surface area (Å²) in [5.41, 5.74) is 0.703. The average molecular weight is 290 g/mol. The number of alkyl halides is 2. The normalized spacial score (nSPS) is 11.2. The van der Waals surface area contributed by atoms with Crippen molar-refractivity contribution in [1.29, 1.82) is 0 Å². The molecule has 0 aromatic heterocycles. The number of carbonyl (C=O) groups excluding carboxylic acids is 1.